The minimum absolute atomic E-state index is 0.0835. The maximum absolute atomic E-state index is 12.3. The fourth-order valence-corrected chi connectivity index (χ4v) is 2.40. The van der Waals surface area contributed by atoms with Gasteiger partial charge in [-0.15, -0.1) is 0 Å². The predicted octanol–water partition coefficient (Wildman–Crippen LogP) is 4.56. The summed E-state index contributed by atoms with van der Waals surface area (Å²) in [6.07, 6.45) is 0. The van der Waals surface area contributed by atoms with Crippen molar-refractivity contribution in [2.24, 2.45) is 0 Å². The highest BCUT2D eigenvalue weighted by Crippen LogP contribution is 2.28. The van der Waals surface area contributed by atoms with Crippen LogP contribution in [0.5, 0.6) is 5.75 Å². The van der Waals surface area contributed by atoms with Crippen molar-refractivity contribution in [3.8, 4) is 5.75 Å². The number of fused-ring (bicyclic) bond motifs is 1. The zero-order valence-corrected chi connectivity index (χ0v) is 12.4. The van der Waals surface area contributed by atoms with E-state index in [0.29, 0.717) is 10.4 Å². The number of hydrogen-bond acceptors (Lipinski definition) is 3. The molecule has 3 rings (SSSR count). The number of halogens is 1. The molecule has 4 heteroatoms. The maximum Gasteiger partial charge on any atom is 0.342 e. The molecule has 0 heterocycles. The number of hydrogen-bond donors (Lipinski definition) is 1. The average Bonchev–Trinajstić information content (AvgIpc) is 2.54. The van der Waals surface area contributed by atoms with E-state index in [2.05, 4.69) is 0 Å². The van der Waals surface area contributed by atoms with Crippen molar-refractivity contribution in [3.05, 3.63) is 76.8 Å². The van der Waals surface area contributed by atoms with Gasteiger partial charge in [-0.3, -0.25) is 0 Å². The van der Waals surface area contributed by atoms with Gasteiger partial charge >= 0.3 is 5.97 Å². The van der Waals surface area contributed by atoms with E-state index in [1.54, 1.807) is 36.4 Å². The highest BCUT2D eigenvalue weighted by atomic mass is 35.5. The number of benzene rings is 3. The standard InChI is InChI=1S/C18H13ClO3/c19-14-8-5-12(6-9-14)11-22-18(21)17-15-4-2-1-3-13(15)7-10-16(17)20/h1-10,20H,11H2. The number of phenols is 1. The fraction of sp³-hybridized carbons (Fsp3) is 0.0556. The van der Waals surface area contributed by atoms with Gasteiger partial charge in [0.15, 0.2) is 0 Å². The minimum Gasteiger partial charge on any atom is -0.507 e. The van der Waals surface area contributed by atoms with Gasteiger partial charge in [0.1, 0.15) is 17.9 Å². The lowest BCUT2D eigenvalue weighted by atomic mass is 10.0. The second-order valence-corrected chi connectivity index (χ2v) is 5.32. The van der Waals surface area contributed by atoms with Crippen molar-refractivity contribution in [1.82, 2.24) is 0 Å². The normalized spacial score (nSPS) is 10.6. The SMILES string of the molecule is O=C(OCc1ccc(Cl)cc1)c1c(O)ccc2ccccc12. The Bertz CT molecular complexity index is 825. The van der Waals surface area contributed by atoms with Crippen LogP contribution in [0, 0.1) is 0 Å². The summed E-state index contributed by atoms with van der Waals surface area (Å²) in [4.78, 5) is 12.3. The summed E-state index contributed by atoms with van der Waals surface area (Å²) < 4.78 is 5.30. The second-order valence-electron chi connectivity index (χ2n) is 4.88. The summed E-state index contributed by atoms with van der Waals surface area (Å²) in [5, 5.41) is 12.2. The Hall–Kier alpha value is -2.52. The van der Waals surface area contributed by atoms with Crippen LogP contribution in [0.15, 0.2) is 60.7 Å². The predicted molar refractivity (Wildman–Crippen MR) is 86.2 cm³/mol. The Morgan fingerprint density at radius 2 is 1.73 bits per heavy atom. The van der Waals surface area contributed by atoms with Crippen molar-refractivity contribution in [2.45, 2.75) is 6.61 Å². The van der Waals surface area contributed by atoms with Crippen molar-refractivity contribution in [1.29, 1.82) is 0 Å². The third-order valence-corrected chi connectivity index (χ3v) is 3.65. The first-order valence-corrected chi connectivity index (χ1v) is 7.15. The quantitative estimate of drug-likeness (QED) is 0.721. The monoisotopic (exact) mass is 312 g/mol. The van der Waals surface area contributed by atoms with Crippen LogP contribution < -0.4 is 0 Å². The number of aromatic hydroxyl groups is 1. The molecule has 0 unspecified atom stereocenters. The van der Waals surface area contributed by atoms with Crippen molar-refractivity contribution in [2.75, 3.05) is 0 Å². The second kappa shape index (κ2) is 6.08. The Kier molecular flexibility index (Phi) is 3.98. The Balaban J connectivity index is 1.86. The molecule has 0 bridgehead atoms. The van der Waals surface area contributed by atoms with E-state index < -0.39 is 5.97 Å². The summed E-state index contributed by atoms with van der Waals surface area (Å²) in [5.41, 5.74) is 1.02. The molecule has 0 amide bonds. The zero-order chi connectivity index (χ0) is 15.5. The van der Waals surface area contributed by atoms with Gasteiger partial charge in [0.25, 0.3) is 0 Å². The lowest BCUT2D eigenvalue weighted by molar-refractivity contribution is 0.0472. The molecule has 0 fully saturated rings. The van der Waals surface area contributed by atoms with Crippen molar-refractivity contribution < 1.29 is 14.6 Å². The average molecular weight is 313 g/mol. The molecule has 3 aromatic carbocycles. The van der Waals surface area contributed by atoms with Crippen LogP contribution in [0.1, 0.15) is 15.9 Å². The lowest BCUT2D eigenvalue weighted by Crippen LogP contribution is -2.06. The number of phenolic OH excluding ortho intramolecular Hbond substituents is 1. The summed E-state index contributed by atoms with van der Waals surface area (Å²) in [6, 6.07) is 17.7. The van der Waals surface area contributed by atoms with Gasteiger partial charge in [0, 0.05) is 5.02 Å². The highest BCUT2D eigenvalue weighted by Gasteiger charge is 2.16. The first kappa shape index (κ1) is 14.4. The smallest absolute Gasteiger partial charge is 0.342 e. The summed E-state index contributed by atoms with van der Waals surface area (Å²) in [5.74, 6) is -0.635. The van der Waals surface area contributed by atoms with Gasteiger partial charge in [0.2, 0.25) is 0 Å². The molecule has 0 saturated heterocycles. The summed E-state index contributed by atoms with van der Waals surface area (Å²) >= 11 is 5.82. The number of ether oxygens (including phenoxy) is 1. The van der Waals surface area contributed by atoms with Gasteiger partial charge in [-0.25, -0.2) is 4.79 Å². The third-order valence-electron chi connectivity index (χ3n) is 3.39. The molecule has 0 saturated carbocycles. The van der Waals surface area contributed by atoms with E-state index in [9.17, 15) is 9.90 Å². The number of carbonyl (C=O) groups is 1. The molecule has 0 aliphatic rings. The van der Waals surface area contributed by atoms with Crippen LogP contribution in [-0.4, -0.2) is 11.1 Å². The van der Waals surface area contributed by atoms with E-state index in [0.717, 1.165) is 10.9 Å². The minimum atomic E-state index is -0.552. The van der Waals surface area contributed by atoms with Crippen LogP contribution in [0.25, 0.3) is 10.8 Å². The Labute approximate surface area is 132 Å². The first-order valence-electron chi connectivity index (χ1n) is 6.77. The largest absolute Gasteiger partial charge is 0.507 e. The van der Waals surface area contributed by atoms with Gasteiger partial charge in [-0.1, -0.05) is 54.1 Å². The van der Waals surface area contributed by atoms with Gasteiger partial charge in [0.05, 0.1) is 0 Å². The summed E-state index contributed by atoms with van der Waals surface area (Å²) in [7, 11) is 0. The molecule has 0 aliphatic heterocycles. The molecule has 1 N–H and O–H groups in total. The zero-order valence-electron chi connectivity index (χ0n) is 11.6. The highest BCUT2D eigenvalue weighted by molar-refractivity contribution is 6.30. The van der Waals surface area contributed by atoms with Gasteiger partial charge in [-0.05, 0) is 34.5 Å². The van der Waals surface area contributed by atoms with E-state index in [1.807, 2.05) is 18.2 Å². The molecule has 110 valence electrons. The van der Waals surface area contributed by atoms with Crippen LogP contribution in [-0.2, 0) is 11.3 Å². The number of rotatable bonds is 3. The fourth-order valence-electron chi connectivity index (χ4n) is 2.28. The molecule has 3 nitrogen and oxygen atoms in total. The van der Waals surface area contributed by atoms with E-state index >= 15 is 0 Å². The molecular formula is C18H13ClO3. The van der Waals surface area contributed by atoms with Crippen molar-refractivity contribution in [3.63, 3.8) is 0 Å². The molecule has 0 aromatic heterocycles. The van der Waals surface area contributed by atoms with E-state index in [1.165, 1.54) is 6.07 Å². The summed E-state index contributed by atoms with van der Waals surface area (Å²) in [6.45, 7) is 0.124. The molecule has 0 radical (unpaired) electrons. The maximum atomic E-state index is 12.3. The van der Waals surface area contributed by atoms with Crippen LogP contribution in [0.2, 0.25) is 5.02 Å². The van der Waals surface area contributed by atoms with E-state index in [-0.39, 0.29) is 17.9 Å². The molecule has 3 aromatic rings. The van der Waals surface area contributed by atoms with E-state index in [4.69, 9.17) is 16.3 Å². The van der Waals surface area contributed by atoms with Gasteiger partial charge < -0.3 is 9.84 Å². The Morgan fingerprint density at radius 1 is 1.00 bits per heavy atom. The van der Waals surface area contributed by atoms with Crippen LogP contribution >= 0.6 is 11.6 Å². The van der Waals surface area contributed by atoms with Crippen molar-refractivity contribution >= 4 is 28.3 Å². The lowest BCUT2D eigenvalue weighted by Gasteiger charge is -2.09. The molecular weight excluding hydrogens is 300 g/mol. The van der Waals surface area contributed by atoms with Crippen LogP contribution in [0.4, 0.5) is 0 Å². The molecule has 0 spiro atoms. The van der Waals surface area contributed by atoms with Gasteiger partial charge in [-0.2, -0.15) is 0 Å². The number of esters is 1. The molecule has 0 atom stereocenters. The molecule has 0 aliphatic carbocycles. The third kappa shape index (κ3) is 2.90. The van der Waals surface area contributed by atoms with Crippen LogP contribution in [0.3, 0.4) is 0 Å². The number of carbonyl (C=O) groups excluding carboxylic acids is 1. The molecule has 22 heavy (non-hydrogen) atoms. The topological polar surface area (TPSA) is 46.5 Å². The Morgan fingerprint density at radius 3 is 2.50 bits per heavy atom. The first-order chi connectivity index (χ1) is 10.6.